The molecule has 0 saturated carbocycles. The Balaban J connectivity index is 1.53. The number of H-pyrrole nitrogens is 1. The molecule has 1 atom stereocenters. The van der Waals surface area contributed by atoms with E-state index in [0.717, 1.165) is 22.0 Å². The Morgan fingerprint density at radius 3 is 2.42 bits per heavy atom. The zero-order valence-corrected chi connectivity index (χ0v) is 17.4. The third kappa shape index (κ3) is 5.13. The number of hydrogen-bond acceptors (Lipinski definition) is 3. The highest BCUT2D eigenvalue weighted by Gasteiger charge is 2.24. The lowest BCUT2D eigenvalue weighted by atomic mass is 10.0. The van der Waals surface area contributed by atoms with Crippen LogP contribution in [0.25, 0.3) is 10.9 Å². The molecule has 0 aliphatic carbocycles. The number of carbonyl (C=O) groups is 2. The van der Waals surface area contributed by atoms with Crippen molar-refractivity contribution in [2.24, 2.45) is 0 Å². The lowest BCUT2D eigenvalue weighted by Gasteiger charge is -2.18. The van der Waals surface area contributed by atoms with Crippen LogP contribution in [0.5, 0.6) is 0 Å². The first-order valence-electron chi connectivity index (χ1n) is 9.92. The Labute approximate surface area is 185 Å². The van der Waals surface area contributed by atoms with Crippen molar-refractivity contribution in [3.8, 4) is 0 Å². The Morgan fingerprint density at radius 2 is 1.65 bits per heavy atom. The molecule has 31 heavy (non-hydrogen) atoms. The molecule has 0 fully saturated rings. The second-order valence-electron chi connectivity index (χ2n) is 7.19. The fraction of sp³-hybridized carbons (Fsp3) is 0.120. The van der Waals surface area contributed by atoms with E-state index in [9.17, 15) is 9.59 Å². The number of ether oxygens (including phenoxy) is 1. The second kappa shape index (κ2) is 9.49. The van der Waals surface area contributed by atoms with Gasteiger partial charge < -0.3 is 15.0 Å². The second-order valence-corrected chi connectivity index (χ2v) is 7.63. The van der Waals surface area contributed by atoms with Gasteiger partial charge in [0.2, 0.25) is 0 Å². The summed E-state index contributed by atoms with van der Waals surface area (Å²) in [6.45, 7) is 0.0988. The predicted molar refractivity (Wildman–Crippen MR) is 121 cm³/mol. The van der Waals surface area contributed by atoms with E-state index in [-0.39, 0.29) is 12.5 Å². The van der Waals surface area contributed by atoms with Gasteiger partial charge in [-0.15, -0.1) is 0 Å². The SMILES string of the molecule is O=C(N[C@@H](Cc1c[nH]c2ccccc12)C(=O)OCc1ccc(Cl)cc1)c1ccccc1. The number of rotatable bonds is 7. The summed E-state index contributed by atoms with van der Waals surface area (Å²) in [5.74, 6) is -0.821. The van der Waals surface area contributed by atoms with Crippen molar-refractivity contribution >= 4 is 34.4 Å². The molecule has 156 valence electrons. The van der Waals surface area contributed by atoms with Gasteiger partial charge in [-0.3, -0.25) is 4.79 Å². The molecule has 3 aromatic carbocycles. The largest absolute Gasteiger partial charge is 0.459 e. The van der Waals surface area contributed by atoms with Crippen LogP contribution in [0.4, 0.5) is 0 Å². The van der Waals surface area contributed by atoms with Crippen molar-refractivity contribution in [2.45, 2.75) is 19.1 Å². The maximum Gasteiger partial charge on any atom is 0.329 e. The van der Waals surface area contributed by atoms with Crippen LogP contribution in [0.3, 0.4) is 0 Å². The number of fused-ring (bicyclic) bond motifs is 1. The van der Waals surface area contributed by atoms with E-state index in [2.05, 4.69) is 10.3 Å². The summed E-state index contributed by atoms with van der Waals surface area (Å²) in [5.41, 5.74) is 3.20. The number of benzene rings is 3. The fourth-order valence-corrected chi connectivity index (χ4v) is 3.51. The number of aromatic nitrogens is 1. The number of halogens is 1. The van der Waals surface area contributed by atoms with Crippen molar-refractivity contribution in [2.75, 3.05) is 0 Å². The van der Waals surface area contributed by atoms with E-state index < -0.39 is 12.0 Å². The molecule has 0 saturated heterocycles. The first-order chi connectivity index (χ1) is 15.1. The molecule has 0 unspecified atom stereocenters. The lowest BCUT2D eigenvalue weighted by Crippen LogP contribution is -2.43. The first kappa shape index (κ1) is 20.7. The minimum absolute atomic E-state index is 0.0988. The van der Waals surface area contributed by atoms with E-state index in [0.29, 0.717) is 17.0 Å². The van der Waals surface area contributed by atoms with E-state index in [4.69, 9.17) is 16.3 Å². The summed E-state index contributed by atoms with van der Waals surface area (Å²) >= 11 is 5.91. The molecule has 4 aromatic rings. The van der Waals surface area contributed by atoms with E-state index in [1.807, 2.05) is 36.5 Å². The smallest absolute Gasteiger partial charge is 0.329 e. The van der Waals surface area contributed by atoms with Gasteiger partial charge in [-0.2, -0.15) is 0 Å². The van der Waals surface area contributed by atoms with Gasteiger partial charge in [0.25, 0.3) is 5.91 Å². The Hall–Kier alpha value is -3.57. The molecule has 4 rings (SSSR count). The molecule has 0 spiro atoms. The molecule has 1 amide bonds. The minimum Gasteiger partial charge on any atom is -0.459 e. The molecular weight excluding hydrogens is 412 g/mol. The monoisotopic (exact) mass is 432 g/mol. The van der Waals surface area contributed by atoms with Crippen molar-refractivity contribution in [1.29, 1.82) is 0 Å². The van der Waals surface area contributed by atoms with Gasteiger partial charge in [-0.25, -0.2) is 4.79 Å². The third-order valence-electron chi connectivity index (χ3n) is 5.02. The van der Waals surface area contributed by atoms with Crippen LogP contribution < -0.4 is 5.32 Å². The summed E-state index contributed by atoms with van der Waals surface area (Å²) in [6, 6.07) is 22.9. The van der Waals surface area contributed by atoms with Gasteiger partial charge in [-0.05, 0) is 41.5 Å². The van der Waals surface area contributed by atoms with Crippen LogP contribution in [0.2, 0.25) is 5.02 Å². The van der Waals surface area contributed by atoms with Gasteiger partial charge >= 0.3 is 5.97 Å². The Kier molecular flexibility index (Phi) is 6.34. The minimum atomic E-state index is -0.834. The van der Waals surface area contributed by atoms with Crippen LogP contribution in [0.1, 0.15) is 21.5 Å². The average molecular weight is 433 g/mol. The van der Waals surface area contributed by atoms with Crippen LogP contribution in [-0.2, 0) is 22.6 Å². The number of aromatic amines is 1. The molecule has 0 radical (unpaired) electrons. The fourth-order valence-electron chi connectivity index (χ4n) is 3.38. The van der Waals surface area contributed by atoms with E-state index >= 15 is 0 Å². The molecule has 2 N–H and O–H groups in total. The molecule has 0 aliphatic rings. The zero-order valence-electron chi connectivity index (χ0n) is 16.7. The maximum atomic E-state index is 12.9. The summed E-state index contributed by atoms with van der Waals surface area (Å²) in [5, 5.41) is 4.45. The highest BCUT2D eigenvalue weighted by molar-refractivity contribution is 6.30. The van der Waals surface area contributed by atoms with Crippen LogP contribution >= 0.6 is 11.6 Å². The van der Waals surface area contributed by atoms with Crippen molar-refractivity contribution in [3.63, 3.8) is 0 Å². The lowest BCUT2D eigenvalue weighted by molar-refractivity contribution is -0.147. The van der Waals surface area contributed by atoms with Crippen LogP contribution in [0.15, 0.2) is 85.1 Å². The van der Waals surface area contributed by atoms with Crippen molar-refractivity contribution in [1.82, 2.24) is 10.3 Å². The quantitative estimate of drug-likeness (QED) is 0.408. The molecule has 5 nitrogen and oxygen atoms in total. The topological polar surface area (TPSA) is 71.2 Å². The molecule has 1 aromatic heterocycles. The number of esters is 1. The van der Waals surface area contributed by atoms with E-state index in [1.165, 1.54) is 0 Å². The van der Waals surface area contributed by atoms with Gasteiger partial charge in [0, 0.05) is 34.1 Å². The summed E-state index contributed by atoms with van der Waals surface area (Å²) in [6.07, 6.45) is 2.17. The molecule has 0 bridgehead atoms. The number of hydrogen-bond donors (Lipinski definition) is 2. The predicted octanol–water partition coefficient (Wildman–Crippen LogP) is 4.91. The van der Waals surface area contributed by atoms with Crippen molar-refractivity contribution in [3.05, 3.63) is 107 Å². The number of para-hydroxylation sites is 1. The molecular formula is C25H21ClN2O3. The highest BCUT2D eigenvalue weighted by Crippen LogP contribution is 2.20. The Morgan fingerprint density at radius 1 is 0.935 bits per heavy atom. The number of amides is 1. The normalized spacial score (nSPS) is 11.8. The zero-order chi connectivity index (χ0) is 21.6. The molecule has 6 heteroatoms. The van der Waals surface area contributed by atoms with Crippen LogP contribution in [-0.4, -0.2) is 22.9 Å². The van der Waals surface area contributed by atoms with Gasteiger partial charge in [0.15, 0.2) is 0 Å². The summed E-state index contributed by atoms with van der Waals surface area (Å²) in [4.78, 5) is 28.9. The summed E-state index contributed by atoms with van der Waals surface area (Å²) in [7, 11) is 0. The molecule has 0 aliphatic heterocycles. The maximum absolute atomic E-state index is 12.9. The van der Waals surface area contributed by atoms with Crippen LogP contribution in [0, 0.1) is 0 Å². The Bertz CT molecular complexity index is 1190. The van der Waals surface area contributed by atoms with Gasteiger partial charge in [0.05, 0.1) is 0 Å². The number of nitrogens with one attached hydrogen (secondary N) is 2. The average Bonchev–Trinajstić information content (AvgIpc) is 3.21. The van der Waals surface area contributed by atoms with Crippen molar-refractivity contribution < 1.29 is 14.3 Å². The molecule has 1 heterocycles. The van der Waals surface area contributed by atoms with E-state index in [1.54, 1.807) is 48.5 Å². The highest BCUT2D eigenvalue weighted by atomic mass is 35.5. The van der Waals surface area contributed by atoms with Gasteiger partial charge in [0.1, 0.15) is 12.6 Å². The first-order valence-corrected chi connectivity index (χ1v) is 10.3. The third-order valence-corrected chi connectivity index (χ3v) is 5.27. The summed E-state index contributed by atoms with van der Waals surface area (Å²) < 4.78 is 5.52. The number of carbonyl (C=O) groups excluding carboxylic acids is 2. The standard InChI is InChI=1S/C25H21ClN2O3/c26-20-12-10-17(11-13-20)16-31-25(30)23(28-24(29)18-6-2-1-3-7-18)14-19-15-27-22-9-5-4-8-21(19)22/h1-13,15,23,27H,14,16H2,(H,28,29)/t23-/m0/s1. The van der Waals surface area contributed by atoms with Gasteiger partial charge in [-0.1, -0.05) is 60.1 Å².